The first-order chi connectivity index (χ1) is 9.65. The molecule has 1 amide bonds. The molecular formula is C14H18N4O2. The lowest BCUT2D eigenvalue weighted by molar-refractivity contribution is -0.122. The van der Waals surface area contributed by atoms with Crippen molar-refractivity contribution in [2.75, 3.05) is 0 Å². The van der Waals surface area contributed by atoms with Gasteiger partial charge in [-0.1, -0.05) is 31.2 Å². The van der Waals surface area contributed by atoms with Crippen molar-refractivity contribution in [1.29, 1.82) is 0 Å². The normalized spacial score (nSPS) is 10.9. The van der Waals surface area contributed by atoms with Crippen molar-refractivity contribution in [3.05, 3.63) is 34.6 Å². The fourth-order valence-electron chi connectivity index (χ4n) is 2.03. The molecule has 20 heavy (non-hydrogen) atoms. The average molecular weight is 274 g/mol. The standard InChI is InChI=1S/C14H18N4O2/c1-3-10(4-2)15-13(19)9-18-14(20)11-7-5-6-8-12(11)16-17-18/h5-8,10H,3-4,9H2,1-2H3,(H,15,19). The van der Waals surface area contributed by atoms with E-state index in [1.807, 2.05) is 13.8 Å². The number of hydrogen-bond donors (Lipinski definition) is 1. The number of carbonyl (C=O) groups excluding carboxylic acids is 1. The molecule has 0 fully saturated rings. The summed E-state index contributed by atoms with van der Waals surface area (Å²) in [5, 5.41) is 11.1. The zero-order valence-electron chi connectivity index (χ0n) is 11.7. The molecule has 0 unspecified atom stereocenters. The van der Waals surface area contributed by atoms with E-state index < -0.39 is 0 Å². The van der Waals surface area contributed by atoms with E-state index in [4.69, 9.17) is 0 Å². The van der Waals surface area contributed by atoms with Crippen molar-refractivity contribution in [3.63, 3.8) is 0 Å². The number of nitrogens with zero attached hydrogens (tertiary/aromatic N) is 3. The van der Waals surface area contributed by atoms with Crippen LogP contribution in [0.25, 0.3) is 10.9 Å². The van der Waals surface area contributed by atoms with Gasteiger partial charge in [-0.25, -0.2) is 4.68 Å². The Balaban J connectivity index is 2.20. The van der Waals surface area contributed by atoms with Crippen molar-refractivity contribution in [3.8, 4) is 0 Å². The van der Waals surface area contributed by atoms with Crippen molar-refractivity contribution in [2.45, 2.75) is 39.3 Å². The lowest BCUT2D eigenvalue weighted by atomic mass is 10.2. The second-order valence-corrected chi connectivity index (χ2v) is 4.65. The van der Waals surface area contributed by atoms with Crippen LogP contribution < -0.4 is 10.9 Å². The smallest absolute Gasteiger partial charge is 0.278 e. The van der Waals surface area contributed by atoms with E-state index in [1.165, 1.54) is 0 Å². The van der Waals surface area contributed by atoms with Gasteiger partial charge in [0.05, 0.1) is 5.39 Å². The number of carbonyl (C=O) groups is 1. The van der Waals surface area contributed by atoms with Gasteiger partial charge in [0.1, 0.15) is 12.1 Å². The Morgan fingerprint density at radius 2 is 2.00 bits per heavy atom. The fourth-order valence-corrected chi connectivity index (χ4v) is 2.03. The van der Waals surface area contributed by atoms with Crippen LogP contribution in [0.1, 0.15) is 26.7 Å². The molecule has 106 valence electrons. The number of fused-ring (bicyclic) bond motifs is 1. The van der Waals surface area contributed by atoms with Gasteiger partial charge in [-0.15, -0.1) is 5.10 Å². The summed E-state index contributed by atoms with van der Waals surface area (Å²) in [6.07, 6.45) is 1.72. The molecule has 1 aromatic carbocycles. The van der Waals surface area contributed by atoms with Crippen LogP contribution in [0.2, 0.25) is 0 Å². The van der Waals surface area contributed by atoms with Crippen molar-refractivity contribution >= 4 is 16.8 Å². The SMILES string of the molecule is CCC(CC)NC(=O)Cn1nnc2ccccc2c1=O. The van der Waals surface area contributed by atoms with E-state index in [9.17, 15) is 9.59 Å². The maximum Gasteiger partial charge on any atom is 0.278 e. The highest BCUT2D eigenvalue weighted by Crippen LogP contribution is 2.03. The summed E-state index contributed by atoms with van der Waals surface area (Å²) < 4.78 is 1.10. The first kappa shape index (κ1) is 14.2. The second kappa shape index (κ2) is 6.27. The molecule has 0 aliphatic carbocycles. The lowest BCUT2D eigenvalue weighted by Gasteiger charge is -2.14. The molecule has 0 saturated heterocycles. The monoisotopic (exact) mass is 274 g/mol. The molecule has 2 aromatic rings. The van der Waals surface area contributed by atoms with E-state index in [-0.39, 0.29) is 24.1 Å². The third-order valence-electron chi connectivity index (χ3n) is 3.27. The summed E-state index contributed by atoms with van der Waals surface area (Å²) in [4.78, 5) is 24.1. The number of hydrogen-bond acceptors (Lipinski definition) is 4. The van der Waals surface area contributed by atoms with Crippen molar-refractivity contribution in [2.24, 2.45) is 0 Å². The summed E-state index contributed by atoms with van der Waals surface area (Å²) in [7, 11) is 0. The largest absolute Gasteiger partial charge is 0.352 e. The van der Waals surface area contributed by atoms with Gasteiger partial charge in [0.2, 0.25) is 5.91 Å². The molecule has 6 heteroatoms. The Kier molecular flexibility index (Phi) is 4.45. The van der Waals surface area contributed by atoms with Gasteiger partial charge in [0, 0.05) is 6.04 Å². The molecule has 0 radical (unpaired) electrons. The van der Waals surface area contributed by atoms with Gasteiger partial charge < -0.3 is 5.32 Å². The third-order valence-corrected chi connectivity index (χ3v) is 3.27. The molecule has 1 aromatic heterocycles. The molecule has 0 atom stereocenters. The van der Waals surface area contributed by atoms with Crippen LogP contribution in [0, 0.1) is 0 Å². The van der Waals surface area contributed by atoms with E-state index in [2.05, 4.69) is 15.6 Å². The Morgan fingerprint density at radius 3 is 2.70 bits per heavy atom. The van der Waals surface area contributed by atoms with Crippen LogP contribution in [-0.4, -0.2) is 26.9 Å². The molecule has 0 aliphatic rings. The van der Waals surface area contributed by atoms with Gasteiger partial charge >= 0.3 is 0 Å². The topological polar surface area (TPSA) is 76.9 Å². The molecule has 6 nitrogen and oxygen atoms in total. The highest BCUT2D eigenvalue weighted by molar-refractivity contribution is 5.78. The summed E-state index contributed by atoms with van der Waals surface area (Å²) in [5.41, 5.74) is 0.240. The lowest BCUT2D eigenvalue weighted by Crippen LogP contribution is -2.39. The predicted octanol–water partition coefficient (Wildman–Crippen LogP) is 1.10. The van der Waals surface area contributed by atoms with Crippen LogP contribution in [0.3, 0.4) is 0 Å². The number of aromatic nitrogens is 3. The highest BCUT2D eigenvalue weighted by Gasteiger charge is 2.12. The van der Waals surface area contributed by atoms with E-state index >= 15 is 0 Å². The average Bonchev–Trinajstić information content (AvgIpc) is 2.48. The van der Waals surface area contributed by atoms with Gasteiger partial charge in [0.25, 0.3) is 5.56 Å². The van der Waals surface area contributed by atoms with E-state index in [1.54, 1.807) is 24.3 Å². The Hall–Kier alpha value is -2.24. The number of nitrogens with one attached hydrogen (secondary N) is 1. The zero-order chi connectivity index (χ0) is 14.5. The molecule has 2 rings (SSSR count). The predicted molar refractivity (Wildman–Crippen MR) is 76.3 cm³/mol. The van der Waals surface area contributed by atoms with Gasteiger partial charge in [-0.2, -0.15) is 0 Å². The maximum atomic E-state index is 12.2. The number of benzene rings is 1. The minimum Gasteiger partial charge on any atom is -0.352 e. The van der Waals surface area contributed by atoms with Crippen LogP contribution in [0.4, 0.5) is 0 Å². The zero-order valence-corrected chi connectivity index (χ0v) is 11.7. The first-order valence-electron chi connectivity index (χ1n) is 6.77. The maximum absolute atomic E-state index is 12.2. The quantitative estimate of drug-likeness (QED) is 0.885. The van der Waals surface area contributed by atoms with Gasteiger partial charge in [-0.05, 0) is 25.0 Å². The van der Waals surface area contributed by atoms with Crippen LogP contribution >= 0.6 is 0 Å². The molecule has 1 heterocycles. The van der Waals surface area contributed by atoms with E-state index in [0.717, 1.165) is 17.5 Å². The minimum absolute atomic E-state index is 0.104. The third kappa shape index (κ3) is 3.01. The summed E-state index contributed by atoms with van der Waals surface area (Å²) in [6, 6.07) is 7.09. The molecule has 0 spiro atoms. The van der Waals surface area contributed by atoms with Crippen LogP contribution in [-0.2, 0) is 11.3 Å². The number of rotatable bonds is 5. The summed E-state index contributed by atoms with van der Waals surface area (Å²) in [5.74, 6) is -0.217. The van der Waals surface area contributed by atoms with Crippen molar-refractivity contribution in [1.82, 2.24) is 20.3 Å². The van der Waals surface area contributed by atoms with Crippen molar-refractivity contribution < 1.29 is 4.79 Å². The Bertz CT molecular complexity index is 662. The second-order valence-electron chi connectivity index (χ2n) is 4.65. The molecule has 1 N–H and O–H groups in total. The Morgan fingerprint density at radius 1 is 1.30 bits per heavy atom. The molecule has 0 bridgehead atoms. The van der Waals surface area contributed by atoms with E-state index in [0.29, 0.717) is 10.9 Å². The number of amides is 1. The summed E-state index contributed by atoms with van der Waals surface area (Å²) in [6.45, 7) is 3.92. The molecule has 0 saturated carbocycles. The first-order valence-corrected chi connectivity index (χ1v) is 6.77. The van der Waals surface area contributed by atoms with Crippen LogP contribution in [0.5, 0.6) is 0 Å². The summed E-state index contributed by atoms with van der Waals surface area (Å²) >= 11 is 0. The minimum atomic E-state index is -0.296. The van der Waals surface area contributed by atoms with Crippen LogP contribution in [0.15, 0.2) is 29.1 Å². The Labute approximate surface area is 116 Å². The molecule has 0 aliphatic heterocycles. The van der Waals surface area contributed by atoms with Gasteiger partial charge in [0.15, 0.2) is 0 Å². The molecular weight excluding hydrogens is 256 g/mol. The highest BCUT2D eigenvalue weighted by atomic mass is 16.2. The fraction of sp³-hybridized carbons (Fsp3) is 0.429. The van der Waals surface area contributed by atoms with Gasteiger partial charge in [-0.3, -0.25) is 9.59 Å².